The SMILES string of the molecule is O=C(O)c1cc(-c2cc(Cl)ccc2Cl)oc1CBr. The Kier molecular flexibility index (Phi) is 4.00. The van der Waals surface area contributed by atoms with E-state index in [1.807, 2.05) is 0 Å². The van der Waals surface area contributed by atoms with Crippen molar-refractivity contribution in [2.75, 3.05) is 0 Å². The van der Waals surface area contributed by atoms with E-state index >= 15 is 0 Å². The van der Waals surface area contributed by atoms with Crippen LogP contribution in [0, 0.1) is 0 Å². The third-order valence-electron chi connectivity index (χ3n) is 2.35. The van der Waals surface area contributed by atoms with Crippen LogP contribution in [0.5, 0.6) is 0 Å². The van der Waals surface area contributed by atoms with Crippen LogP contribution in [0.2, 0.25) is 10.0 Å². The lowest BCUT2D eigenvalue weighted by molar-refractivity contribution is 0.0695. The topological polar surface area (TPSA) is 50.4 Å². The van der Waals surface area contributed by atoms with Crippen LogP contribution in [0.15, 0.2) is 28.7 Å². The van der Waals surface area contributed by atoms with Crippen LogP contribution >= 0.6 is 39.1 Å². The van der Waals surface area contributed by atoms with Gasteiger partial charge in [-0.15, -0.1) is 0 Å². The quantitative estimate of drug-likeness (QED) is 0.806. The molecule has 2 aromatic rings. The van der Waals surface area contributed by atoms with Crippen LogP contribution < -0.4 is 0 Å². The maximum absolute atomic E-state index is 11.0. The highest BCUT2D eigenvalue weighted by Crippen LogP contribution is 2.34. The van der Waals surface area contributed by atoms with Gasteiger partial charge in [0.2, 0.25) is 0 Å². The van der Waals surface area contributed by atoms with E-state index in [0.717, 1.165) is 0 Å². The molecule has 2 rings (SSSR count). The monoisotopic (exact) mass is 348 g/mol. The predicted octanol–water partition coefficient (Wildman–Crippen LogP) is 4.85. The molecule has 0 saturated carbocycles. The maximum atomic E-state index is 11.0. The Bertz CT molecular complexity index is 607. The Balaban J connectivity index is 2.57. The molecule has 0 spiro atoms. The van der Waals surface area contributed by atoms with Crippen molar-refractivity contribution in [3.63, 3.8) is 0 Å². The van der Waals surface area contributed by atoms with Crippen molar-refractivity contribution in [3.05, 3.63) is 45.6 Å². The Morgan fingerprint density at radius 3 is 2.61 bits per heavy atom. The second-order valence-corrected chi connectivity index (χ2v) is 4.91. The standard InChI is InChI=1S/C12H7BrCl2O3/c13-5-11-8(12(16)17)4-10(18-11)7-3-6(14)1-2-9(7)15/h1-4H,5H2,(H,16,17). The van der Waals surface area contributed by atoms with E-state index in [-0.39, 0.29) is 5.56 Å². The van der Waals surface area contributed by atoms with Gasteiger partial charge in [0.25, 0.3) is 0 Å². The molecular formula is C12H7BrCl2O3. The Hall–Kier alpha value is -0.970. The van der Waals surface area contributed by atoms with E-state index in [4.69, 9.17) is 32.7 Å². The Morgan fingerprint density at radius 2 is 2.06 bits per heavy atom. The number of carboxylic acid groups (broad SMARTS) is 1. The van der Waals surface area contributed by atoms with Gasteiger partial charge in [0.05, 0.1) is 10.4 Å². The Morgan fingerprint density at radius 1 is 1.33 bits per heavy atom. The molecule has 6 heteroatoms. The van der Waals surface area contributed by atoms with Gasteiger partial charge in [-0.25, -0.2) is 4.79 Å². The van der Waals surface area contributed by atoms with Gasteiger partial charge in [-0.3, -0.25) is 0 Å². The summed E-state index contributed by atoms with van der Waals surface area (Å²) < 4.78 is 5.48. The lowest BCUT2D eigenvalue weighted by atomic mass is 10.1. The van der Waals surface area contributed by atoms with Crippen molar-refractivity contribution in [3.8, 4) is 11.3 Å². The second kappa shape index (κ2) is 5.34. The number of aromatic carboxylic acids is 1. The van der Waals surface area contributed by atoms with Gasteiger partial charge < -0.3 is 9.52 Å². The molecule has 1 heterocycles. The molecule has 1 N–H and O–H groups in total. The highest BCUT2D eigenvalue weighted by Gasteiger charge is 2.18. The number of hydrogen-bond acceptors (Lipinski definition) is 2. The first-order valence-corrected chi connectivity index (χ1v) is 6.78. The molecule has 0 aliphatic carbocycles. The van der Waals surface area contributed by atoms with Gasteiger partial charge in [0.1, 0.15) is 17.1 Å². The van der Waals surface area contributed by atoms with E-state index in [2.05, 4.69) is 15.9 Å². The average molecular weight is 350 g/mol. The summed E-state index contributed by atoms with van der Waals surface area (Å²) in [4.78, 5) is 11.0. The van der Waals surface area contributed by atoms with Crippen molar-refractivity contribution < 1.29 is 14.3 Å². The number of furan rings is 1. The molecule has 94 valence electrons. The summed E-state index contributed by atoms with van der Waals surface area (Å²) in [5.41, 5.74) is 0.678. The summed E-state index contributed by atoms with van der Waals surface area (Å²) in [6, 6.07) is 6.36. The maximum Gasteiger partial charge on any atom is 0.339 e. The van der Waals surface area contributed by atoms with Crippen molar-refractivity contribution in [1.29, 1.82) is 0 Å². The molecule has 0 atom stereocenters. The number of rotatable bonds is 3. The van der Waals surface area contributed by atoms with Gasteiger partial charge in [-0.1, -0.05) is 39.1 Å². The highest BCUT2D eigenvalue weighted by molar-refractivity contribution is 9.08. The zero-order valence-corrected chi connectivity index (χ0v) is 12.0. The lowest BCUT2D eigenvalue weighted by Gasteiger charge is -2.00. The van der Waals surface area contributed by atoms with E-state index in [1.165, 1.54) is 6.07 Å². The molecule has 0 amide bonds. The van der Waals surface area contributed by atoms with Crippen LogP contribution in [-0.4, -0.2) is 11.1 Å². The zero-order valence-electron chi connectivity index (χ0n) is 8.91. The minimum atomic E-state index is -1.04. The van der Waals surface area contributed by atoms with Crippen LogP contribution in [0.1, 0.15) is 16.1 Å². The van der Waals surface area contributed by atoms with Gasteiger partial charge in [0, 0.05) is 10.6 Å². The van der Waals surface area contributed by atoms with E-state index in [1.54, 1.807) is 18.2 Å². The molecule has 0 aliphatic rings. The normalized spacial score (nSPS) is 10.6. The summed E-state index contributed by atoms with van der Waals surface area (Å²) in [6.07, 6.45) is 0. The van der Waals surface area contributed by atoms with Crippen molar-refractivity contribution in [2.24, 2.45) is 0 Å². The van der Waals surface area contributed by atoms with Gasteiger partial charge in [-0.05, 0) is 24.3 Å². The first kappa shape index (κ1) is 13.5. The largest absolute Gasteiger partial charge is 0.478 e. The summed E-state index contributed by atoms with van der Waals surface area (Å²) in [6.45, 7) is 0. The number of carbonyl (C=O) groups is 1. The molecule has 0 unspecified atom stereocenters. The molecule has 0 fully saturated rings. The smallest absolute Gasteiger partial charge is 0.339 e. The third-order valence-corrected chi connectivity index (χ3v) is 3.43. The van der Waals surface area contributed by atoms with E-state index in [0.29, 0.717) is 32.5 Å². The van der Waals surface area contributed by atoms with Crippen LogP contribution in [0.3, 0.4) is 0 Å². The highest BCUT2D eigenvalue weighted by atomic mass is 79.9. The number of alkyl halides is 1. The zero-order chi connectivity index (χ0) is 13.3. The molecule has 0 aliphatic heterocycles. The molecule has 0 bridgehead atoms. The van der Waals surface area contributed by atoms with E-state index < -0.39 is 5.97 Å². The van der Waals surface area contributed by atoms with Gasteiger partial charge in [-0.2, -0.15) is 0 Å². The number of halogens is 3. The molecule has 1 aromatic heterocycles. The fraction of sp³-hybridized carbons (Fsp3) is 0.0833. The molecule has 0 saturated heterocycles. The Labute approximate surface area is 121 Å². The number of benzene rings is 1. The summed E-state index contributed by atoms with van der Waals surface area (Å²) in [7, 11) is 0. The average Bonchev–Trinajstić information content (AvgIpc) is 2.76. The summed E-state index contributed by atoms with van der Waals surface area (Å²) in [5.74, 6) is -0.319. The van der Waals surface area contributed by atoms with Crippen molar-refractivity contribution >= 4 is 45.1 Å². The first-order chi connectivity index (χ1) is 8.52. The van der Waals surface area contributed by atoms with Crippen LogP contribution in [0.25, 0.3) is 11.3 Å². The van der Waals surface area contributed by atoms with Gasteiger partial charge in [0.15, 0.2) is 0 Å². The second-order valence-electron chi connectivity index (χ2n) is 3.51. The molecule has 18 heavy (non-hydrogen) atoms. The fourth-order valence-electron chi connectivity index (χ4n) is 1.53. The summed E-state index contributed by atoms with van der Waals surface area (Å²) in [5, 5.41) is 10.3. The minimum Gasteiger partial charge on any atom is -0.478 e. The lowest BCUT2D eigenvalue weighted by Crippen LogP contribution is -1.96. The molecule has 0 radical (unpaired) electrons. The predicted molar refractivity (Wildman–Crippen MR) is 73.8 cm³/mol. The molecule has 3 nitrogen and oxygen atoms in total. The number of hydrogen-bond donors (Lipinski definition) is 1. The third kappa shape index (κ3) is 2.55. The van der Waals surface area contributed by atoms with Crippen LogP contribution in [-0.2, 0) is 5.33 Å². The summed E-state index contributed by atoms with van der Waals surface area (Å²) >= 11 is 15.1. The van der Waals surface area contributed by atoms with Gasteiger partial charge >= 0.3 is 5.97 Å². The van der Waals surface area contributed by atoms with Crippen LogP contribution in [0.4, 0.5) is 0 Å². The number of carboxylic acids is 1. The van der Waals surface area contributed by atoms with Crippen molar-refractivity contribution in [2.45, 2.75) is 5.33 Å². The van der Waals surface area contributed by atoms with E-state index in [9.17, 15) is 4.79 Å². The molecular weight excluding hydrogens is 343 g/mol. The molecule has 1 aromatic carbocycles. The van der Waals surface area contributed by atoms with Crippen molar-refractivity contribution in [1.82, 2.24) is 0 Å². The first-order valence-electron chi connectivity index (χ1n) is 4.90. The fourth-order valence-corrected chi connectivity index (χ4v) is 2.33. The minimum absolute atomic E-state index is 0.109.